The van der Waals surface area contributed by atoms with Crippen LogP contribution in [0.4, 0.5) is 4.79 Å². The van der Waals surface area contributed by atoms with Crippen LogP contribution >= 0.6 is 0 Å². The lowest BCUT2D eigenvalue weighted by Gasteiger charge is -2.30. The minimum atomic E-state index is -0.333. The molecule has 0 aromatic heterocycles. The Balaban J connectivity index is 2.50. The normalized spacial score (nSPS) is 12.1. The van der Waals surface area contributed by atoms with Crippen LogP contribution in [0.2, 0.25) is 0 Å². The van der Waals surface area contributed by atoms with E-state index in [0.29, 0.717) is 5.75 Å². The summed E-state index contributed by atoms with van der Waals surface area (Å²) in [7, 11) is 14.6. The number of unbranched alkanes of at least 4 members (excludes halogenated alkanes) is 3. The van der Waals surface area contributed by atoms with Crippen molar-refractivity contribution in [3.05, 3.63) is 29.8 Å². The van der Waals surface area contributed by atoms with Gasteiger partial charge in [-0.15, -0.1) is 0 Å². The van der Waals surface area contributed by atoms with Crippen molar-refractivity contribution in [1.82, 2.24) is 4.90 Å². The molecule has 1 rings (SSSR count). The van der Waals surface area contributed by atoms with Gasteiger partial charge in [-0.25, -0.2) is 4.79 Å². The van der Waals surface area contributed by atoms with E-state index in [1.807, 2.05) is 18.2 Å². The molecule has 5 heteroatoms. The van der Waals surface area contributed by atoms with Crippen LogP contribution in [0.1, 0.15) is 31.2 Å². The van der Waals surface area contributed by atoms with E-state index in [-0.39, 0.29) is 6.09 Å². The van der Waals surface area contributed by atoms with Crippen molar-refractivity contribution in [3.8, 4) is 5.75 Å². The molecule has 0 N–H and O–H groups in total. The van der Waals surface area contributed by atoms with Gasteiger partial charge >= 0.3 is 6.09 Å². The van der Waals surface area contributed by atoms with Gasteiger partial charge in [0.2, 0.25) is 0 Å². The number of carbonyl (C=O) groups is 1. The number of amides is 1. The van der Waals surface area contributed by atoms with Crippen molar-refractivity contribution in [1.29, 1.82) is 0 Å². The van der Waals surface area contributed by atoms with Gasteiger partial charge in [0.05, 0.1) is 48.3 Å². The van der Waals surface area contributed by atoms with Crippen molar-refractivity contribution < 1.29 is 18.5 Å². The molecule has 0 radical (unpaired) electrons. The zero-order valence-corrected chi connectivity index (χ0v) is 17.9. The monoisotopic (exact) mass is 365 g/mol. The fraction of sp³-hybridized carbons (Fsp3) is 0.667. The summed E-state index contributed by atoms with van der Waals surface area (Å²) in [6, 6.07) is 7.85. The summed E-state index contributed by atoms with van der Waals surface area (Å²) in [5.74, 6) is 0.667. The highest BCUT2D eigenvalue weighted by Crippen LogP contribution is 2.22. The van der Waals surface area contributed by atoms with E-state index in [0.717, 1.165) is 27.6 Å². The van der Waals surface area contributed by atoms with E-state index in [1.165, 1.54) is 37.1 Å². The third-order valence-electron chi connectivity index (χ3n) is 4.48. The van der Waals surface area contributed by atoms with Gasteiger partial charge in [-0.1, -0.05) is 12.1 Å². The molecule has 0 aliphatic heterocycles. The molecule has 1 aromatic carbocycles. The molecule has 0 saturated carbocycles. The maximum absolute atomic E-state index is 11.9. The molecule has 0 aliphatic carbocycles. The topological polar surface area (TPSA) is 29.5 Å². The number of hydrogen-bond donors (Lipinski definition) is 0. The Morgan fingerprint density at radius 1 is 0.923 bits per heavy atom. The van der Waals surface area contributed by atoms with Crippen LogP contribution in [0.15, 0.2) is 24.3 Å². The molecule has 1 amide bonds. The van der Waals surface area contributed by atoms with E-state index in [2.05, 4.69) is 41.3 Å². The summed E-state index contributed by atoms with van der Waals surface area (Å²) < 4.78 is 7.46. The minimum absolute atomic E-state index is 0.333. The molecule has 0 aliphatic rings. The zero-order chi connectivity index (χ0) is 19.8. The number of quaternary nitrogens is 2. The third kappa shape index (κ3) is 9.20. The number of ether oxygens (including phenoxy) is 1. The Hall–Kier alpha value is -1.59. The molecule has 5 nitrogen and oxygen atoms in total. The first-order chi connectivity index (χ1) is 12.0. The Labute approximate surface area is 160 Å². The van der Waals surface area contributed by atoms with Crippen LogP contribution in [0.25, 0.3) is 0 Å². The summed E-state index contributed by atoms with van der Waals surface area (Å²) >= 11 is 0. The van der Waals surface area contributed by atoms with E-state index >= 15 is 0 Å². The molecule has 148 valence electrons. The van der Waals surface area contributed by atoms with Crippen molar-refractivity contribution in [2.45, 2.75) is 32.2 Å². The van der Waals surface area contributed by atoms with E-state index in [1.54, 1.807) is 14.1 Å². The summed E-state index contributed by atoms with van der Waals surface area (Å²) in [5.41, 5.74) is 1.08. The third-order valence-corrected chi connectivity index (χ3v) is 4.48. The summed E-state index contributed by atoms with van der Waals surface area (Å²) in [6.45, 7) is 3.22. The van der Waals surface area contributed by atoms with Gasteiger partial charge in [0.1, 0.15) is 12.3 Å². The Bertz CT molecular complexity index is 563. The van der Waals surface area contributed by atoms with Crippen LogP contribution < -0.4 is 4.74 Å². The predicted octanol–water partition coefficient (Wildman–Crippen LogP) is 3.59. The number of benzene rings is 1. The van der Waals surface area contributed by atoms with Crippen molar-refractivity contribution in [2.24, 2.45) is 0 Å². The molecule has 26 heavy (non-hydrogen) atoms. The van der Waals surface area contributed by atoms with Crippen LogP contribution in [-0.2, 0) is 6.54 Å². The minimum Gasteiger partial charge on any atom is -0.410 e. The molecule has 0 saturated heterocycles. The quantitative estimate of drug-likeness (QED) is 0.468. The average Bonchev–Trinajstić information content (AvgIpc) is 2.51. The lowest BCUT2D eigenvalue weighted by molar-refractivity contribution is -0.903. The number of hydrogen-bond acceptors (Lipinski definition) is 2. The Morgan fingerprint density at radius 3 is 2.08 bits per heavy atom. The van der Waals surface area contributed by atoms with Gasteiger partial charge in [-0.2, -0.15) is 0 Å². The van der Waals surface area contributed by atoms with Gasteiger partial charge < -0.3 is 18.6 Å². The Morgan fingerprint density at radius 2 is 1.50 bits per heavy atom. The van der Waals surface area contributed by atoms with E-state index in [4.69, 9.17) is 4.74 Å². The maximum atomic E-state index is 11.9. The highest BCUT2D eigenvalue weighted by Gasteiger charge is 2.19. The van der Waals surface area contributed by atoms with Gasteiger partial charge in [0, 0.05) is 19.7 Å². The van der Waals surface area contributed by atoms with Gasteiger partial charge in [0.15, 0.2) is 0 Å². The fourth-order valence-electron chi connectivity index (χ4n) is 2.94. The molecule has 0 spiro atoms. The molecule has 0 atom stereocenters. The maximum Gasteiger partial charge on any atom is 0.414 e. The SMILES string of the molecule is CN(C)C(=O)Oc1ccccc1C[N+](C)(C)CCCCCC[N+](C)(C)C. The van der Waals surface area contributed by atoms with Crippen molar-refractivity contribution in [2.75, 3.05) is 62.4 Å². The first-order valence-electron chi connectivity index (χ1n) is 9.60. The Kier molecular flexibility index (Phi) is 8.57. The number of carbonyl (C=O) groups excluding carboxylic acids is 1. The second-order valence-corrected chi connectivity index (χ2v) is 9.12. The number of para-hydroxylation sites is 1. The first-order valence-corrected chi connectivity index (χ1v) is 9.60. The first kappa shape index (κ1) is 22.5. The van der Waals surface area contributed by atoms with Crippen LogP contribution in [0, 0.1) is 0 Å². The van der Waals surface area contributed by atoms with Crippen LogP contribution in [0.3, 0.4) is 0 Å². The predicted molar refractivity (Wildman–Crippen MR) is 108 cm³/mol. The largest absolute Gasteiger partial charge is 0.414 e. The van der Waals surface area contributed by atoms with Crippen LogP contribution in [-0.4, -0.2) is 82.4 Å². The highest BCUT2D eigenvalue weighted by molar-refractivity contribution is 5.70. The van der Waals surface area contributed by atoms with E-state index < -0.39 is 0 Å². The summed E-state index contributed by atoms with van der Waals surface area (Å²) in [6.07, 6.45) is 4.76. The smallest absolute Gasteiger partial charge is 0.410 e. The molecular formula is C21H39N3O2+2. The number of rotatable bonds is 10. The second-order valence-electron chi connectivity index (χ2n) is 9.12. The van der Waals surface area contributed by atoms with Gasteiger partial charge in [0.25, 0.3) is 0 Å². The van der Waals surface area contributed by atoms with Crippen LogP contribution in [0.5, 0.6) is 5.75 Å². The molecule has 0 bridgehead atoms. The van der Waals surface area contributed by atoms with Crippen molar-refractivity contribution >= 4 is 6.09 Å². The summed E-state index contributed by atoms with van der Waals surface area (Å²) in [5, 5.41) is 0. The van der Waals surface area contributed by atoms with Gasteiger partial charge in [-0.05, 0) is 37.8 Å². The lowest BCUT2D eigenvalue weighted by Crippen LogP contribution is -2.39. The molecule has 0 fully saturated rings. The summed E-state index contributed by atoms with van der Waals surface area (Å²) in [4.78, 5) is 13.3. The molecule has 0 heterocycles. The molecule has 0 unspecified atom stereocenters. The molecular weight excluding hydrogens is 326 g/mol. The lowest BCUT2D eigenvalue weighted by atomic mass is 10.1. The standard InChI is InChI=1S/C21H39N3O2/c1-22(2)21(25)26-20-15-11-10-14-19(20)18-24(6,7)17-13-9-8-12-16-23(3,4)5/h10-11,14-15H,8-9,12-13,16-18H2,1-7H3/q+2. The second kappa shape index (κ2) is 9.93. The van der Waals surface area contributed by atoms with E-state index in [9.17, 15) is 4.79 Å². The number of nitrogens with zero attached hydrogens (tertiary/aromatic N) is 3. The molecule has 1 aromatic rings. The average molecular weight is 366 g/mol. The van der Waals surface area contributed by atoms with Gasteiger partial charge in [-0.3, -0.25) is 0 Å². The van der Waals surface area contributed by atoms with Crippen molar-refractivity contribution in [3.63, 3.8) is 0 Å². The highest BCUT2D eigenvalue weighted by atomic mass is 16.6. The fourth-order valence-corrected chi connectivity index (χ4v) is 2.94. The zero-order valence-electron chi connectivity index (χ0n) is 17.9.